The van der Waals surface area contributed by atoms with Crippen molar-refractivity contribution in [2.75, 3.05) is 13.2 Å². The minimum absolute atomic E-state index is 0.0203. The Bertz CT molecular complexity index is 1160. The SMILES string of the molecule is CCCCCCCCCCCCCCCCCCC(O)C(CO)NC(=O)CCCCCCCCCCCCCCCC/C=C\CCCCCCCCCCCCCCOC(=O)CCCCCCCCCCCCCCCC. The van der Waals surface area contributed by atoms with Crippen LogP contribution in [0.4, 0.5) is 0 Å². The molecule has 77 heavy (non-hydrogen) atoms. The van der Waals surface area contributed by atoms with E-state index < -0.39 is 12.1 Å². The monoisotopic (exact) mass is 1090 g/mol. The molecule has 3 N–H and O–H groups in total. The summed E-state index contributed by atoms with van der Waals surface area (Å²) in [5.74, 6) is -0.00947. The first kappa shape index (κ1) is 75.6. The van der Waals surface area contributed by atoms with Gasteiger partial charge in [0.05, 0.1) is 25.4 Å². The standard InChI is InChI=1S/C71H139NO5/c1-3-5-7-9-11-13-15-17-19-36-39-43-47-51-55-59-63-69(74)68(67-73)72-70(75)64-60-56-52-48-44-40-37-34-32-30-28-26-24-22-20-21-23-25-27-29-31-33-35-38-42-46-50-54-58-62-66-77-71(76)65-61-57-53-49-45-41-18-16-14-12-10-8-6-4-2/h21,23,68-69,73-74H,3-20,22,24-67H2,1-2H3,(H,72,75)/b23-21-. The van der Waals surface area contributed by atoms with E-state index in [4.69, 9.17) is 4.74 Å². The zero-order chi connectivity index (χ0) is 55.7. The van der Waals surface area contributed by atoms with Gasteiger partial charge in [-0.05, 0) is 51.4 Å². The number of unbranched alkanes of at least 4 members (excludes halogenated alkanes) is 54. The Morgan fingerprint density at radius 3 is 0.922 bits per heavy atom. The van der Waals surface area contributed by atoms with Gasteiger partial charge in [0, 0.05) is 12.8 Å². The van der Waals surface area contributed by atoms with Crippen LogP contribution in [0.5, 0.6) is 0 Å². The summed E-state index contributed by atoms with van der Waals surface area (Å²) in [4.78, 5) is 24.6. The summed E-state index contributed by atoms with van der Waals surface area (Å²) in [5.41, 5.74) is 0. The number of aliphatic hydroxyl groups excluding tert-OH is 2. The van der Waals surface area contributed by atoms with Crippen molar-refractivity contribution >= 4 is 11.9 Å². The van der Waals surface area contributed by atoms with E-state index in [1.165, 1.54) is 334 Å². The molecule has 0 heterocycles. The molecule has 0 aromatic carbocycles. The van der Waals surface area contributed by atoms with Gasteiger partial charge in [-0.3, -0.25) is 9.59 Å². The van der Waals surface area contributed by atoms with Crippen LogP contribution < -0.4 is 5.32 Å². The summed E-state index contributed by atoms with van der Waals surface area (Å²) in [6.07, 6.45) is 82.6. The van der Waals surface area contributed by atoms with Gasteiger partial charge in [0.2, 0.25) is 5.91 Å². The molecule has 0 aliphatic carbocycles. The second kappa shape index (κ2) is 67.1. The van der Waals surface area contributed by atoms with Gasteiger partial charge in [-0.2, -0.15) is 0 Å². The average molecular weight is 1090 g/mol. The fourth-order valence-corrected chi connectivity index (χ4v) is 11.4. The lowest BCUT2D eigenvalue weighted by molar-refractivity contribution is -0.143. The molecule has 0 aliphatic heterocycles. The Balaban J connectivity index is 3.35. The van der Waals surface area contributed by atoms with Gasteiger partial charge < -0.3 is 20.3 Å². The number of ether oxygens (including phenoxy) is 1. The maximum absolute atomic E-state index is 12.5. The van der Waals surface area contributed by atoms with Crippen LogP contribution in [0.25, 0.3) is 0 Å². The molecule has 6 heteroatoms. The van der Waals surface area contributed by atoms with E-state index in [1.54, 1.807) is 0 Å². The third-order valence-corrected chi connectivity index (χ3v) is 16.8. The molecule has 0 radical (unpaired) electrons. The topological polar surface area (TPSA) is 95.9 Å². The Hall–Kier alpha value is -1.40. The normalized spacial score (nSPS) is 12.5. The van der Waals surface area contributed by atoms with Gasteiger partial charge in [-0.15, -0.1) is 0 Å². The molecule has 0 aromatic rings. The van der Waals surface area contributed by atoms with Crippen LogP contribution >= 0.6 is 0 Å². The van der Waals surface area contributed by atoms with Gasteiger partial charge in [-0.25, -0.2) is 0 Å². The third kappa shape index (κ3) is 63.6. The number of carbonyl (C=O) groups is 2. The smallest absolute Gasteiger partial charge is 0.305 e. The van der Waals surface area contributed by atoms with Crippen LogP contribution in [0.2, 0.25) is 0 Å². The van der Waals surface area contributed by atoms with Crippen molar-refractivity contribution in [1.82, 2.24) is 5.32 Å². The van der Waals surface area contributed by atoms with Gasteiger partial charge in [0.1, 0.15) is 0 Å². The Kier molecular flexibility index (Phi) is 65.9. The maximum Gasteiger partial charge on any atom is 0.305 e. The second-order valence-corrected chi connectivity index (χ2v) is 24.6. The minimum atomic E-state index is -0.662. The van der Waals surface area contributed by atoms with Crippen molar-refractivity contribution in [3.05, 3.63) is 12.2 Å². The lowest BCUT2D eigenvalue weighted by Gasteiger charge is -2.22. The summed E-state index contributed by atoms with van der Waals surface area (Å²) >= 11 is 0. The van der Waals surface area contributed by atoms with E-state index in [-0.39, 0.29) is 18.5 Å². The van der Waals surface area contributed by atoms with Crippen LogP contribution in [-0.4, -0.2) is 47.4 Å². The summed E-state index contributed by atoms with van der Waals surface area (Å²) < 4.78 is 5.49. The lowest BCUT2D eigenvalue weighted by Crippen LogP contribution is -2.45. The third-order valence-electron chi connectivity index (χ3n) is 16.8. The summed E-state index contributed by atoms with van der Waals surface area (Å²) in [6.45, 7) is 5.00. The number of rotatable bonds is 67. The zero-order valence-electron chi connectivity index (χ0n) is 52.5. The number of allylic oxidation sites excluding steroid dienone is 2. The van der Waals surface area contributed by atoms with E-state index in [1.807, 2.05) is 0 Å². The summed E-state index contributed by atoms with van der Waals surface area (Å²) in [6, 6.07) is -0.540. The van der Waals surface area contributed by atoms with Gasteiger partial charge in [0.15, 0.2) is 0 Å². The molecule has 6 nitrogen and oxygen atoms in total. The van der Waals surface area contributed by atoms with Crippen molar-refractivity contribution in [2.45, 2.75) is 418 Å². The van der Waals surface area contributed by atoms with Crippen molar-refractivity contribution < 1.29 is 24.5 Å². The van der Waals surface area contributed by atoms with Gasteiger partial charge >= 0.3 is 5.97 Å². The Morgan fingerprint density at radius 1 is 0.351 bits per heavy atom. The highest BCUT2D eigenvalue weighted by Gasteiger charge is 2.20. The molecule has 1 amide bonds. The maximum atomic E-state index is 12.5. The minimum Gasteiger partial charge on any atom is -0.466 e. The van der Waals surface area contributed by atoms with Crippen LogP contribution in [-0.2, 0) is 14.3 Å². The molecule has 0 saturated heterocycles. The number of nitrogens with one attached hydrogen (secondary N) is 1. The van der Waals surface area contributed by atoms with Crippen molar-refractivity contribution in [1.29, 1.82) is 0 Å². The predicted octanol–water partition coefficient (Wildman–Crippen LogP) is 22.8. The molecule has 458 valence electrons. The van der Waals surface area contributed by atoms with Crippen LogP contribution in [0, 0.1) is 0 Å². The summed E-state index contributed by atoms with van der Waals surface area (Å²) in [5, 5.41) is 23.4. The highest BCUT2D eigenvalue weighted by Crippen LogP contribution is 2.19. The molecule has 0 aromatic heterocycles. The average Bonchev–Trinajstić information content (AvgIpc) is 3.43. The number of aliphatic hydroxyl groups is 2. The van der Waals surface area contributed by atoms with E-state index in [0.717, 1.165) is 38.5 Å². The Morgan fingerprint density at radius 2 is 0.610 bits per heavy atom. The fraction of sp³-hybridized carbons (Fsp3) is 0.944. The fourth-order valence-electron chi connectivity index (χ4n) is 11.4. The number of hydrogen-bond donors (Lipinski definition) is 3. The van der Waals surface area contributed by atoms with Crippen LogP contribution in [0.15, 0.2) is 12.2 Å². The quantitative estimate of drug-likeness (QED) is 0.0320. The van der Waals surface area contributed by atoms with Crippen LogP contribution in [0.1, 0.15) is 406 Å². The van der Waals surface area contributed by atoms with Gasteiger partial charge in [-0.1, -0.05) is 353 Å². The van der Waals surface area contributed by atoms with E-state index in [0.29, 0.717) is 25.9 Å². The largest absolute Gasteiger partial charge is 0.466 e. The lowest BCUT2D eigenvalue weighted by atomic mass is 10.0. The molecule has 0 spiro atoms. The van der Waals surface area contributed by atoms with Crippen molar-refractivity contribution in [3.8, 4) is 0 Å². The molecular weight excluding hydrogens is 947 g/mol. The first-order valence-corrected chi connectivity index (χ1v) is 35.4. The molecule has 2 unspecified atom stereocenters. The summed E-state index contributed by atoms with van der Waals surface area (Å²) in [7, 11) is 0. The molecule has 2 atom stereocenters. The number of carbonyl (C=O) groups excluding carboxylic acids is 2. The first-order chi connectivity index (χ1) is 38.0. The second-order valence-electron chi connectivity index (χ2n) is 24.6. The molecule has 0 fully saturated rings. The van der Waals surface area contributed by atoms with Crippen LogP contribution in [0.3, 0.4) is 0 Å². The van der Waals surface area contributed by atoms with Crippen molar-refractivity contribution in [2.24, 2.45) is 0 Å². The van der Waals surface area contributed by atoms with Crippen molar-refractivity contribution in [3.63, 3.8) is 0 Å². The highest BCUT2D eigenvalue weighted by atomic mass is 16.5. The predicted molar refractivity (Wildman–Crippen MR) is 338 cm³/mol. The van der Waals surface area contributed by atoms with Gasteiger partial charge in [0.25, 0.3) is 0 Å². The number of hydrogen-bond acceptors (Lipinski definition) is 5. The van der Waals surface area contributed by atoms with E-state index in [9.17, 15) is 19.8 Å². The first-order valence-electron chi connectivity index (χ1n) is 35.4. The molecule has 0 aliphatic rings. The molecular formula is C71H139NO5. The highest BCUT2D eigenvalue weighted by molar-refractivity contribution is 5.76. The Labute approximate surface area is 482 Å². The molecule has 0 bridgehead atoms. The number of esters is 1. The molecule has 0 saturated carbocycles. The van der Waals surface area contributed by atoms with E-state index >= 15 is 0 Å². The van der Waals surface area contributed by atoms with E-state index in [2.05, 4.69) is 31.3 Å². The number of amides is 1. The molecule has 0 rings (SSSR count). The zero-order valence-corrected chi connectivity index (χ0v) is 52.5.